The second-order valence-electron chi connectivity index (χ2n) is 12.8. The summed E-state index contributed by atoms with van der Waals surface area (Å²) >= 11 is 0. The first kappa shape index (κ1) is 39.0. The number of aliphatic hydroxyl groups excluding tert-OH is 7. The van der Waals surface area contributed by atoms with Crippen LogP contribution >= 0.6 is 0 Å². The zero-order valence-electron chi connectivity index (χ0n) is 29.4. The van der Waals surface area contributed by atoms with Crippen LogP contribution in [0.4, 0.5) is 0 Å². The van der Waals surface area contributed by atoms with E-state index in [9.17, 15) is 35.7 Å². The van der Waals surface area contributed by atoms with E-state index in [-0.39, 0.29) is 12.0 Å². The summed E-state index contributed by atoms with van der Waals surface area (Å²) in [6.07, 6.45) is -8.26. The number of nitrogens with zero attached hydrogens (tertiary/aromatic N) is 1. The maximum Gasteiger partial charge on any atom is 0.147 e. The molecule has 3 saturated heterocycles. The molecule has 49 heavy (non-hydrogen) atoms. The minimum absolute atomic E-state index is 0.267. The smallest absolute Gasteiger partial charge is 0.147 e. The first-order valence-corrected chi connectivity index (χ1v) is 17.5. The zero-order chi connectivity index (χ0) is 36.0. The molecule has 10 nitrogen and oxygen atoms in total. The quantitative estimate of drug-likeness (QED) is 0.231. The van der Waals surface area contributed by atoms with Gasteiger partial charge in [0.1, 0.15) is 42.7 Å². The van der Waals surface area contributed by atoms with Gasteiger partial charge in [-0.1, -0.05) is 70.4 Å². The molecule has 10 heteroatoms. The minimum atomic E-state index is -1.48. The van der Waals surface area contributed by atoms with Gasteiger partial charge >= 0.3 is 0 Å². The predicted molar refractivity (Wildman–Crippen MR) is 187 cm³/mol. The average molecular weight is 680 g/mol. The van der Waals surface area contributed by atoms with Crippen LogP contribution in [0.5, 0.6) is 0 Å². The summed E-state index contributed by atoms with van der Waals surface area (Å²) < 4.78 is 11.3. The summed E-state index contributed by atoms with van der Waals surface area (Å²) in [6.45, 7) is 10.7. The van der Waals surface area contributed by atoms with Crippen molar-refractivity contribution in [3.05, 3.63) is 58.7 Å². The van der Waals surface area contributed by atoms with Gasteiger partial charge in [-0.2, -0.15) is 0 Å². The molecule has 0 bridgehead atoms. The molecule has 3 heterocycles. The Morgan fingerprint density at radius 2 is 1.12 bits per heavy atom. The Labute approximate surface area is 290 Å². The third kappa shape index (κ3) is 7.61. The van der Waals surface area contributed by atoms with Crippen LogP contribution < -0.4 is 0 Å². The highest BCUT2D eigenvalue weighted by atomic mass is 16.5. The highest BCUT2D eigenvalue weighted by Gasteiger charge is 2.46. The predicted octanol–water partition coefficient (Wildman–Crippen LogP) is 1.39. The van der Waals surface area contributed by atoms with Crippen molar-refractivity contribution in [2.75, 3.05) is 33.4 Å². The van der Waals surface area contributed by atoms with Crippen LogP contribution in [0.2, 0.25) is 0 Å². The third-order valence-corrected chi connectivity index (χ3v) is 10.1. The van der Waals surface area contributed by atoms with Crippen molar-refractivity contribution in [3.63, 3.8) is 0 Å². The Kier molecular flexibility index (Phi) is 13.4. The Hall–Kier alpha value is -2.84. The van der Waals surface area contributed by atoms with E-state index in [1.165, 1.54) is 5.56 Å². The van der Waals surface area contributed by atoms with Gasteiger partial charge in [-0.05, 0) is 79.5 Å². The molecule has 2 aromatic carbocycles. The van der Waals surface area contributed by atoms with Gasteiger partial charge in [-0.15, -0.1) is 0 Å². The summed E-state index contributed by atoms with van der Waals surface area (Å²) in [5.41, 5.74) is 5.81. The molecule has 0 radical (unpaired) electrons. The summed E-state index contributed by atoms with van der Waals surface area (Å²) in [5, 5.41) is 70.8. The molecule has 1 spiro atoms. The van der Waals surface area contributed by atoms with Gasteiger partial charge in [-0.3, -0.25) is 0 Å². The normalized spacial score (nSPS) is 32.8. The number of likely N-dealkylation sites (tertiary alicyclic amines) is 1. The lowest BCUT2D eigenvalue weighted by Gasteiger charge is -2.40. The van der Waals surface area contributed by atoms with E-state index in [2.05, 4.69) is 59.9 Å². The van der Waals surface area contributed by atoms with Crippen LogP contribution in [0.15, 0.2) is 36.4 Å². The highest BCUT2D eigenvalue weighted by molar-refractivity contribution is 5.82. The molecule has 10 atom stereocenters. The molecule has 2 aromatic rings. The van der Waals surface area contributed by atoms with Gasteiger partial charge in [0.05, 0.1) is 25.4 Å². The molecule has 268 valence electrons. The van der Waals surface area contributed by atoms with Crippen molar-refractivity contribution in [1.29, 1.82) is 0 Å². The second kappa shape index (κ2) is 16.9. The Balaban J connectivity index is 0.00000130. The number of rotatable bonds is 2. The van der Waals surface area contributed by atoms with Crippen molar-refractivity contribution in [3.8, 4) is 34.8 Å². The number of piperidine rings is 1. The van der Waals surface area contributed by atoms with E-state index in [0.29, 0.717) is 0 Å². The lowest BCUT2D eigenvalue weighted by molar-refractivity contribution is -0.214. The Morgan fingerprint density at radius 3 is 1.59 bits per heavy atom. The van der Waals surface area contributed by atoms with E-state index < -0.39 is 67.5 Å². The number of ether oxygens (including phenoxy) is 2. The van der Waals surface area contributed by atoms with Crippen molar-refractivity contribution in [2.45, 2.75) is 108 Å². The SMILES string of the molecule is CC.CC.C[C@@H]1[C@H](O)[C@@H](C#Cc2ccc3c(c2)C2(CCN(C)CC2)c2cc(C#C[C@H]4O[C@H](CO)[C@@H](O)[C@H](O)[C@@H]4O)ccc2-3)O[C@H](CO)[C@H]1O. The fourth-order valence-corrected chi connectivity index (χ4v) is 7.16. The number of hydrogen-bond donors (Lipinski definition) is 7. The van der Waals surface area contributed by atoms with Crippen LogP contribution in [-0.2, 0) is 14.9 Å². The van der Waals surface area contributed by atoms with Crippen LogP contribution in [0.3, 0.4) is 0 Å². The number of benzene rings is 2. The lowest BCUT2D eigenvalue weighted by Crippen LogP contribution is -2.58. The van der Waals surface area contributed by atoms with E-state index in [0.717, 1.165) is 53.7 Å². The van der Waals surface area contributed by atoms with Crippen molar-refractivity contribution in [1.82, 2.24) is 4.90 Å². The first-order chi connectivity index (χ1) is 23.6. The molecule has 4 aliphatic rings. The molecule has 1 aliphatic carbocycles. The maximum atomic E-state index is 10.7. The largest absolute Gasteiger partial charge is 0.394 e. The van der Waals surface area contributed by atoms with Crippen LogP contribution in [0, 0.1) is 29.6 Å². The molecule has 0 unspecified atom stereocenters. The van der Waals surface area contributed by atoms with E-state index >= 15 is 0 Å². The van der Waals surface area contributed by atoms with Gasteiger partial charge in [0.25, 0.3) is 0 Å². The number of hydrogen-bond acceptors (Lipinski definition) is 10. The van der Waals surface area contributed by atoms with Gasteiger partial charge in [0, 0.05) is 22.5 Å². The topological polar surface area (TPSA) is 163 Å². The summed E-state index contributed by atoms with van der Waals surface area (Å²) in [5.74, 6) is 11.7. The van der Waals surface area contributed by atoms with Gasteiger partial charge in [-0.25, -0.2) is 0 Å². The lowest BCUT2D eigenvalue weighted by atomic mass is 9.70. The average Bonchev–Trinajstić information content (AvgIpc) is 3.39. The van der Waals surface area contributed by atoms with E-state index in [1.54, 1.807) is 6.92 Å². The fourth-order valence-electron chi connectivity index (χ4n) is 7.16. The number of aliphatic hydroxyl groups is 7. The van der Waals surface area contributed by atoms with Gasteiger partial charge in [0.2, 0.25) is 0 Å². The molecule has 0 amide bonds. The highest BCUT2D eigenvalue weighted by Crippen LogP contribution is 2.54. The van der Waals surface area contributed by atoms with E-state index in [1.807, 2.05) is 39.8 Å². The Morgan fingerprint density at radius 1 is 0.673 bits per heavy atom. The van der Waals surface area contributed by atoms with Crippen LogP contribution in [-0.4, -0.2) is 129 Å². The molecule has 0 saturated carbocycles. The maximum absolute atomic E-state index is 10.7. The summed E-state index contributed by atoms with van der Waals surface area (Å²) in [6, 6.07) is 12.2. The minimum Gasteiger partial charge on any atom is -0.394 e. The van der Waals surface area contributed by atoms with E-state index in [4.69, 9.17) is 9.47 Å². The molecular formula is C39H53NO9. The third-order valence-electron chi connectivity index (χ3n) is 10.1. The molecule has 6 rings (SSSR count). The van der Waals surface area contributed by atoms with Gasteiger partial charge in [0.15, 0.2) is 0 Å². The van der Waals surface area contributed by atoms with Crippen molar-refractivity contribution < 1.29 is 45.2 Å². The monoisotopic (exact) mass is 679 g/mol. The zero-order valence-corrected chi connectivity index (χ0v) is 29.4. The molecule has 7 N–H and O–H groups in total. The summed E-state index contributed by atoms with van der Waals surface area (Å²) in [4.78, 5) is 2.31. The first-order valence-electron chi connectivity index (χ1n) is 17.5. The second-order valence-corrected chi connectivity index (χ2v) is 12.8. The summed E-state index contributed by atoms with van der Waals surface area (Å²) in [7, 11) is 2.11. The van der Waals surface area contributed by atoms with Crippen molar-refractivity contribution in [2.24, 2.45) is 5.92 Å². The standard InChI is InChI=1S/C35H41NO9.2C2H6/c1-19-30(39)26(44-28(17-37)31(19)40)9-5-20-3-7-22-23-8-4-21(6-10-27-32(41)34(43)33(42)29(18-38)45-27)16-25(23)35(24(22)15-20)11-13-36(2)14-12-35;2*1-2/h3-4,7-8,15-16,19,26-34,37-43H,11-14,17-18H2,1-2H3;2*1-2H3/t19-,26-,27-,28-,29-,30+,31+,32-,33-,34-;;/m1../s1. The number of fused-ring (bicyclic) bond motifs is 5. The molecular weight excluding hydrogens is 626 g/mol. The molecule has 0 aromatic heterocycles. The molecule has 3 fully saturated rings. The Bertz CT molecular complexity index is 1420. The van der Waals surface area contributed by atoms with Crippen molar-refractivity contribution >= 4 is 0 Å². The van der Waals surface area contributed by atoms with Gasteiger partial charge < -0.3 is 50.1 Å². The fraction of sp³-hybridized carbons (Fsp3) is 0.590. The van der Waals surface area contributed by atoms with Crippen LogP contribution in [0.25, 0.3) is 11.1 Å². The van der Waals surface area contributed by atoms with Crippen LogP contribution in [0.1, 0.15) is 69.7 Å². The molecule has 3 aliphatic heterocycles.